The van der Waals surface area contributed by atoms with Crippen LogP contribution in [0.3, 0.4) is 0 Å². The number of nitrogens with zero attached hydrogens (tertiary/aromatic N) is 1. The minimum atomic E-state index is -0.703. The summed E-state index contributed by atoms with van der Waals surface area (Å²) < 4.78 is 11.4. The number of nitrogens with one attached hydrogen (secondary N) is 1. The van der Waals surface area contributed by atoms with Crippen LogP contribution in [0.15, 0.2) is 52.0 Å². The summed E-state index contributed by atoms with van der Waals surface area (Å²) in [7, 11) is 1.46. The monoisotopic (exact) mass is 392 g/mol. The van der Waals surface area contributed by atoms with Crippen molar-refractivity contribution in [1.82, 2.24) is 5.43 Å². The maximum absolute atomic E-state index is 12.0. The van der Waals surface area contributed by atoms with Crippen LogP contribution in [0, 0.1) is 0 Å². The van der Waals surface area contributed by atoms with E-state index in [4.69, 9.17) is 9.47 Å². The van der Waals surface area contributed by atoms with Crippen LogP contribution < -0.4 is 14.9 Å². The predicted molar refractivity (Wildman–Crippen MR) is 94.6 cm³/mol. The number of methoxy groups -OCH3 is 1. The Bertz CT molecular complexity index is 749. The van der Waals surface area contributed by atoms with E-state index in [1.54, 1.807) is 31.2 Å². The second-order valence-electron chi connectivity index (χ2n) is 4.88. The molecule has 0 aliphatic rings. The molecule has 0 saturated heterocycles. The maximum Gasteiger partial charge on any atom is 0.280 e. The summed E-state index contributed by atoms with van der Waals surface area (Å²) in [6.07, 6.45) is 0.747. The van der Waals surface area contributed by atoms with Crippen molar-refractivity contribution < 1.29 is 19.4 Å². The molecule has 0 spiro atoms. The van der Waals surface area contributed by atoms with Crippen molar-refractivity contribution in [2.24, 2.45) is 5.10 Å². The average Bonchev–Trinajstić information content (AvgIpc) is 2.56. The molecule has 0 bridgehead atoms. The zero-order chi connectivity index (χ0) is 17.5. The summed E-state index contributed by atoms with van der Waals surface area (Å²) in [6, 6.07) is 12.0. The summed E-state index contributed by atoms with van der Waals surface area (Å²) in [6.45, 7) is 1.63. The number of amides is 1. The van der Waals surface area contributed by atoms with Gasteiger partial charge in [-0.1, -0.05) is 22.0 Å². The second-order valence-corrected chi connectivity index (χ2v) is 5.80. The van der Waals surface area contributed by atoms with Crippen LogP contribution in [0.5, 0.6) is 17.2 Å². The molecular weight excluding hydrogens is 376 g/mol. The number of carbonyl (C=O) groups excluding carboxylic acids is 1. The van der Waals surface area contributed by atoms with Crippen molar-refractivity contribution >= 4 is 28.1 Å². The summed E-state index contributed by atoms with van der Waals surface area (Å²) in [5, 5.41) is 13.4. The molecule has 0 aromatic heterocycles. The Morgan fingerprint density at radius 3 is 2.83 bits per heavy atom. The summed E-state index contributed by atoms with van der Waals surface area (Å²) in [4.78, 5) is 12.0. The highest BCUT2D eigenvalue weighted by atomic mass is 79.9. The Labute approximate surface area is 148 Å². The highest BCUT2D eigenvalue weighted by molar-refractivity contribution is 9.10. The number of phenolic OH excluding ortho intramolecular Hbond substituents is 1. The molecule has 1 unspecified atom stereocenters. The van der Waals surface area contributed by atoms with Gasteiger partial charge in [0.15, 0.2) is 17.6 Å². The number of halogens is 1. The van der Waals surface area contributed by atoms with Crippen molar-refractivity contribution in [3.8, 4) is 17.2 Å². The quantitative estimate of drug-likeness (QED) is 0.584. The summed E-state index contributed by atoms with van der Waals surface area (Å²) in [5.41, 5.74) is 3.08. The van der Waals surface area contributed by atoms with Gasteiger partial charge in [0.2, 0.25) is 0 Å². The first-order chi connectivity index (χ1) is 11.5. The van der Waals surface area contributed by atoms with Crippen LogP contribution in [0.2, 0.25) is 0 Å². The average molecular weight is 393 g/mol. The third-order valence-corrected chi connectivity index (χ3v) is 3.56. The minimum Gasteiger partial charge on any atom is -0.504 e. The van der Waals surface area contributed by atoms with Crippen LogP contribution in [-0.2, 0) is 4.79 Å². The number of rotatable bonds is 6. The topological polar surface area (TPSA) is 80.2 Å². The van der Waals surface area contributed by atoms with Crippen LogP contribution in [0.25, 0.3) is 0 Å². The fraction of sp³-hybridized carbons (Fsp3) is 0.176. The van der Waals surface area contributed by atoms with E-state index in [2.05, 4.69) is 26.5 Å². The van der Waals surface area contributed by atoms with E-state index < -0.39 is 6.10 Å². The van der Waals surface area contributed by atoms with Crippen molar-refractivity contribution in [2.45, 2.75) is 13.0 Å². The van der Waals surface area contributed by atoms with Gasteiger partial charge in [-0.05, 0) is 48.9 Å². The van der Waals surface area contributed by atoms with E-state index in [-0.39, 0.29) is 11.7 Å². The van der Waals surface area contributed by atoms with E-state index in [1.165, 1.54) is 19.4 Å². The van der Waals surface area contributed by atoms with Crippen LogP contribution in [0.1, 0.15) is 12.5 Å². The van der Waals surface area contributed by atoms with Gasteiger partial charge in [0.1, 0.15) is 5.75 Å². The Morgan fingerprint density at radius 1 is 1.33 bits per heavy atom. The number of hydrogen-bond acceptors (Lipinski definition) is 5. The molecule has 1 amide bonds. The number of benzene rings is 2. The molecule has 2 rings (SSSR count). The fourth-order valence-corrected chi connectivity index (χ4v) is 2.21. The Balaban J connectivity index is 1.92. The van der Waals surface area contributed by atoms with Crippen LogP contribution in [-0.4, -0.2) is 30.4 Å². The molecule has 1 atom stereocenters. The smallest absolute Gasteiger partial charge is 0.280 e. The standard InChI is InChI=1S/C17H17BrN2O4/c1-11(24-14-5-3-4-13(18)9-14)17(22)20-19-10-12-6-7-15(21)16(8-12)23-2/h3-11,21H,1-2H3,(H,20,22). The minimum absolute atomic E-state index is 0.0368. The number of hydrogen-bond donors (Lipinski definition) is 2. The Morgan fingerprint density at radius 2 is 2.12 bits per heavy atom. The van der Waals surface area contributed by atoms with E-state index in [1.807, 2.05) is 12.1 Å². The van der Waals surface area contributed by atoms with Crippen LogP contribution in [0.4, 0.5) is 0 Å². The molecule has 0 heterocycles. The maximum atomic E-state index is 12.0. The number of hydrazone groups is 1. The number of phenols is 1. The highest BCUT2D eigenvalue weighted by Gasteiger charge is 2.13. The lowest BCUT2D eigenvalue weighted by Crippen LogP contribution is -2.33. The second kappa shape index (κ2) is 8.35. The van der Waals surface area contributed by atoms with E-state index >= 15 is 0 Å². The van der Waals surface area contributed by atoms with Gasteiger partial charge >= 0.3 is 0 Å². The SMILES string of the molecule is COc1cc(C=NNC(=O)C(C)Oc2cccc(Br)c2)ccc1O. The lowest BCUT2D eigenvalue weighted by molar-refractivity contribution is -0.127. The van der Waals surface area contributed by atoms with E-state index in [0.29, 0.717) is 17.1 Å². The number of aromatic hydroxyl groups is 1. The molecule has 0 saturated carbocycles. The molecule has 0 aliphatic heterocycles. The van der Waals surface area contributed by atoms with Gasteiger partial charge in [-0.3, -0.25) is 4.79 Å². The predicted octanol–water partition coefficient (Wildman–Crippen LogP) is 3.08. The summed E-state index contributed by atoms with van der Waals surface area (Å²) >= 11 is 3.34. The van der Waals surface area contributed by atoms with Gasteiger partial charge < -0.3 is 14.6 Å². The largest absolute Gasteiger partial charge is 0.504 e. The first kappa shape index (κ1) is 17.8. The molecule has 0 radical (unpaired) electrons. The molecule has 0 fully saturated rings. The van der Waals surface area contributed by atoms with Crippen molar-refractivity contribution in [3.63, 3.8) is 0 Å². The molecule has 7 heteroatoms. The van der Waals surface area contributed by atoms with Gasteiger partial charge in [0.25, 0.3) is 5.91 Å². The lowest BCUT2D eigenvalue weighted by Gasteiger charge is -2.13. The van der Waals surface area contributed by atoms with Gasteiger partial charge in [0, 0.05) is 4.47 Å². The molecule has 6 nitrogen and oxygen atoms in total. The number of ether oxygens (including phenoxy) is 2. The summed E-state index contributed by atoms with van der Waals surface area (Å²) in [5.74, 6) is 0.572. The van der Waals surface area contributed by atoms with Crippen molar-refractivity contribution in [2.75, 3.05) is 7.11 Å². The van der Waals surface area contributed by atoms with Crippen LogP contribution >= 0.6 is 15.9 Å². The number of carbonyl (C=O) groups is 1. The van der Waals surface area contributed by atoms with Gasteiger partial charge in [-0.15, -0.1) is 0 Å². The first-order valence-corrected chi connectivity index (χ1v) is 7.91. The highest BCUT2D eigenvalue weighted by Crippen LogP contribution is 2.25. The fourth-order valence-electron chi connectivity index (χ4n) is 1.83. The zero-order valence-electron chi connectivity index (χ0n) is 13.2. The third-order valence-electron chi connectivity index (χ3n) is 3.07. The molecule has 2 N–H and O–H groups in total. The van der Waals surface area contributed by atoms with E-state index in [9.17, 15) is 9.90 Å². The molecule has 0 aliphatic carbocycles. The Hall–Kier alpha value is -2.54. The molecule has 24 heavy (non-hydrogen) atoms. The molecule has 2 aromatic rings. The van der Waals surface area contributed by atoms with Crippen molar-refractivity contribution in [3.05, 3.63) is 52.5 Å². The third kappa shape index (κ3) is 4.99. The molecule has 126 valence electrons. The Kier molecular flexibility index (Phi) is 6.20. The van der Waals surface area contributed by atoms with E-state index in [0.717, 1.165) is 4.47 Å². The molecule has 2 aromatic carbocycles. The van der Waals surface area contributed by atoms with Gasteiger partial charge in [-0.25, -0.2) is 5.43 Å². The first-order valence-electron chi connectivity index (χ1n) is 7.11. The van der Waals surface area contributed by atoms with Gasteiger partial charge in [-0.2, -0.15) is 5.10 Å². The molecular formula is C17H17BrN2O4. The van der Waals surface area contributed by atoms with Gasteiger partial charge in [0.05, 0.1) is 13.3 Å². The normalized spacial score (nSPS) is 12.0. The van der Waals surface area contributed by atoms with Crippen molar-refractivity contribution in [1.29, 1.82) is 0 Å². The zero-order valence-corrected chi connectivity index (χ0v) is 14.8. The lowest BCUT2D eigenvalue weighted by atomic mass is 10.2.